The van der Waals surface area contributed by atoms with Gasteiger partial charge in [0.05, 0.1) is 6.26 Å². The summed E-state index contributed by atoms with van der Waals surface area (Å²) in [6, 6.07) is 9.89. The number of nitrogens with one attached hydrogen (secondary N) is 1. The number of hydrogen-bond acceptors (Lipinski definition) is 2. The van der Waals surface area contributed by atoms with E-state index in [0.717, 1.165) is 11.3 Å². The summed E-state index contributed by atoms with van der Waals surface area (Å²) >= 11 is 0. The molecule has 2 rings (SSSR count). The third-order valence-electron chi connectivity index (χ3n) is 3.05. The largest absolute Gasteiger partial charge is 0.463 e. The number of hydrogen-bond donors (Lipinski definition) is 2. The molecule has 0 aliphatic heterocycles. The first kappa shape index (κ1) is 14.3. The Morgan fingerprint density at radius 1 is 1.35 bits per heavy atom. The molecule has 0 fully saturated rings. The van der Waals surface area contributed by atoms with Crippen molar-refractivity contribution in [2.45, 2.75) is 19.5 Å². The van der Waals surface area contributed by atoms with Crippen molar-refractivity contribution in [1.82, 2.24) is 5.32 Å². The minimum Gasteiger partial charge on any atom is -0.463 e. The summed E-state index contributed by atoms with van der Waals surface area (Å²) in [6.07, 6.45) is 1.62. The van der Waals surface area contributed by atoms with E-state index >= 15 is 0 Å². The maximum atomic E-state index is 12.7. The highest BCUT2D eigenvalue weighted by Crippen LogP contribution is 2.07. The van der Waals surface area contributed by atoms with Crippen molar-refractivity contribution in [1.29, 1.82) is 0 Å². The van der Waals surface area contributed by atoms with Gasteiger partial charge in [-0.2, -0.15) is 0 Å². The van der Waals surface area contributed by atoms with Gasteiger partial charge >= 0.3 is 0 Å². The topological polar surface area (TPSA) is 58.9 Å². The Morgan fingerprint density at radius 2 is 2.10 bits per heavy atom. The van der Waals surface area contributed by atoms with Crippen LogP contribution in [0.5, 0.6) is 0 Å². The smallest absolute Gasteiger partial charge is 0.275 e. The Kier molecular flexibility index (Phi) is 4.90. The fourth-order valence-electron chi connectivity index (χ4n) is 1.83. The lowest BCUT2D eigenvalue weighted by Crippen LogP contribution is -2.86. The zero-order valence-electron chi connectivity index (χ0n) is 11.3. The second-order valence-electron chi connectivity index (χ2n) is 4.65. The molecule has 0 aliphatic carbocycles. The number of quaternary nitrogens is 1. The standard InChI is InChI=1S/C15H17FN2O2/c1-11(14-3-2-8-20-14)17-10-15(19)18-9-12-4-6-13(16)7-5-12/h2-8,11,17H,9-10H2,1H3,(H,18,19)/p+1/t11-/m1/s1. The highest BCUT2D eigenvalue weighted by atomic mass is 19.1. The molecular weight excluding hydrogens is 259 g/mol. The number of carbonyl (C=O) groups is 1. The predicted molar refractivity (Wildman–Crippen MR) is 72.2 cm³/mol. The van der Waals surface area contributed by atoms with E-state index in [2.05, 4.69) is 5.32 Å². The number of nitrogens with two attached hydrogens (primary N) is 1. The van der Waals surface area contributed by atoms with Crippen molar-refractivity contribution >= 4 is 5.91 Å². The highest BCUT2D eigenvalue weighted by molar-refractivity contribution is 5.76. The van der Waals surface area contributed by atoms with Crippen molar-refractivity contribution in [2.24, 2.45) is 0 Å². The fourth-order valence-corrected chi connectivity index (χ4v) is 1.83. The summed E-state index contributed by atoms with van der Waals surface area (Å²) in [5, 5.41) is 4.70. The summed E-state index contributed by atoms with van der Waals surface area (Å²) in [5.41, 5.74) is 0.874. The molecule has 1 atom stereocenters. The van der Waals surface area contributed by atoms with Gasteiger partial charge in [-0.3, -0.25) is 4.79 Å². The van der Waals surface area contributed by atoms with Crippen LogP contribution in [-0.2, 0) is 11.3 Å². The Hall–Kier alpha value is -2.14. The molecule has 0 unspecified atom stereocenters. The minimum atomic E-state index is -0.277. The lowest BCUT2D eigenvalue weighted by Gasteiger charge is -2.08. The van der Waals surface area contributed by atoms with E-state index in [1.54, 1.807) is 18.4 Å². The van der Waals surface area contributed by atoms with Gasteiger partial charge in [-0.25, -0.2) is 4.39 Å². The molecule has 1 amide bonds. The maximum Gasteiger partial charge on any atom is 0.275 e. The van der Waals surface area contributed by atoms with Gasteiger partial charge in [-0.05, 0) is 36.8 Å². The molecule has 0 bridgehead atoms. The number of benzene rings is 1. The summed E-state index contributed by atoms with van der Waals surface area (Å²) in [6.45, 7) is 2.71. The molecule has 0 spiro atoms. The molecule has 0 aliphatic rings. The lowest BCUT2D eigenvalue weighted by atomic mass is 10.2. The number of rotatable bonds is 6. The molecule has 1 aromatic carbocycles. The van der Waals surface area contributed by atoms with Gasteiger partial charge in [0.1, 0.15) is 11.9 Å². The molecule has 1 heterocycles. The van der Waals surface area contributed by atoms with Gasteiger partial charge in [0.25, 0.3) is 5.91 Å². The Labute approximate surface area is 117 Å². The van der Waals surface area contributed by atoms with Gasteiger partial charge in [0.15, 0.2) is 12.3 Å². The van der Waals surface area contributed by atoms with Crippen LogP contribution in [0, 0.1) is 5.82 Å². The van der Waals surface area contributed by atoms with Gasteiger partial charge in [-0.1, -0.05) is 12.1 Å². The molecule has 0 saturated carbocycles. The molecule has 3 N–H and O–H groups in total. The van der Waals surface area contributed by atoms with Crippen LogP contribution in [-0.4, -0.2) is 12.5 Å². The van der Waals surface area contributed by atoms with E-state index in [1.807, 2.05) is 24.4 Å². The van der Waals surface area contributed by atoms with Crippen LogP contribution in [0.3, 0.4) is 0 Å². The number of halogens is 1. The molecular formula is C15H18FN2O2+. The average Bonchev–Trinajstić information content (AvgIpc) is 2.98. The zero-order chi connectivity index (χ0) is 14.4. The Balaban J connectivity index is 1.71. The Morgan fingerprint density at radius 3 is 2.75 bits per heavy atom. The van der Waals surface area contributed by atoms with Crippen molar-refractivity contribution in [3.05, 3.63) is 59.8 Å². The molecule has 5 heteroatoms. The average molecular weight is 277 g/mol. The summed E-state index contributed by atoms with van der Waals surface area (Å²) in [5.74, 6) is 0.504. The van der Waals surface area contributed by atoms with E-state index in [9.17, 15) is 9.18 Å². The highest BCUT2D eigenvalue weighted by Gasteiger charge is 2.13. The second kappa shape index (κ2) is 6.86. The summed E-state index contributed by atoms with van der Waals surface area (Å²) in [7, 11) is 0. The normalized spacial score (nSPS) is 12.1. The van der Waals surface area contributed by atoms with Crippen LogP contribution in [0.2, 0.25) is 0 Å². The summed E-state index contributed by atoms with van der Waals surface area (Å²) in [4.78, 5) is 11.7. The number of carbonyl (C=O) groups excluding carboxylic acids is 1. The van der Waals surface area contributed by atoms with Crippen LogP contribution >= 0.6 is 0 Å². The molecule has 0 saturated heterocycles. The van der Waals surface area contributed by atoms with Crippen LogP contribution in [0.1, 0.15) is 24.3 Å². The quantitative estimate of drug-likeness (QED) is 0.837. The molecule has 1 aromatic heterocycles. The van der Waals surface area contributed by atoms with E-state index < -0.39 is 0 Å². The van der Waals surface area contributed by atoms with Crippen molar-refractivity contribution in [2.75, 3.05) is 6.54 Å². The van der Waals surface area contributed by atoms with Crippen molar-refractivity contribution < 1.29 is 18.9 Å². The molecule has 4 nitrogen and oxygen atoms in total. The number of amides is 1. The van der Waals surface area contributed by atoms with E-state index in [1.165, 1.54) is 12.1 Å². The van der Waals surface area contributed by atoms with Gasteiger partial charge in [0, 0.05) is 6.54 Å². The lowest BCUT2D eigenvalue weighted by molar-refractivity contribution is -0.684. The maximum absolute atomic E-state index is 12.7. The van der Waals surface area contributed by atoms with Crippen LogP contribution in [0.4, 0.5) is 4.39 Å². The second-order valence-corrected chi connectivity index (χ2v) is 4.65. The van der Waals surface area contributed by atoms with Crippen LogP contribution < -0.4 is 10.6 Å². The molecule has 2 aromatic rings. The molecule has 0 radical (unpaired) electrons. The SMILES string of the molecule is C[C@@H]([NH2+]CC(=O)NCc1ccc(F)cc1)c1ccco1. The first-order valence-corrected chi connectivity index (χ1v) is 6.53. The third-order valence-corrected chi connectivity index (χ3v) is 3.05. The summed E-state index contributed by atoms with van der Waals surface area (Å²) < 4.78 is 18.0. The van der Waals surface area contributed by atoms with E-state index in [4.69, 9.17) is 4.42 Å². The minimum absolute atomic E-state index is 0.0623. The van der Waals surface area contributed by atoms with E-state index in [0.29, 0.717) is 13.1 Å². The predicted octanol–water partition coefficient (Wildman–Crippen LogP) is 1.36. The molecule has 20 heavy (non-hydrogen) atoms. The Bertz CT molecular complexity index is 538. The monoisotopic (exact) mass is 277 g/mol. The van der Waals surface area contributed by atoms with Gasteiger partial charge < -0.3 is 15.1 Å². The zero-order valence-corrected chi connectivity index (χ0v) is 11.3. The van der Waals surface area contributed by atoms with Crippen molar-refractivity contribution in [3.63, 3.8) is 0 Å². The van der Waals surface area contributed by atoms with Crippen LogP contribution in [0.25, 0.3) is 0 Å². The van der Waals surface area contributed by atoms with Gasteiger partial charge in [-0.15, -0.1) is 0 Å². The van der Waals surface area contributed by atoms with Crippen molar-refractivity contribution in [3.8, 4) is 0 Å². The van der Waals surface area contributed by atoms with Gasteiger partial charge in [0.2, 0.25) is 0 Å². The molecule has 106 valence electrons. The first-order chi connectivity index (χ1) is 9.65. The first-order valence-electron chi connectivity index (χ1n) is 6.53. The third kappa shape index (κ3) is 4.20. The van der Waals surface area contributed by atoms with Crippen LogP contribution in [0.15, 0.2) is 47.1 Å². The van der Waals surface area contributed by atoms with E-state index in [-0.39, 0.29) is 17.8 Å². The number of furan rings is 1. The fraction of sp³-hybridized carbons (Fsp3) is 0.267.